The van der Waals surface area contributed by atoms with Crippen molar-refractivity contribution in [2.24, 2.45) is 5.92 Å². The average molecular weight is 370 g/mol. The van der Waals surface area contributed by atoms with Crippen LogP contribution in [-0.4, -0.2) is 46.8 Å². The smallest absolute Gasteiger partial charge is 0.356 e. The van der Waals surface area contributed by atoms with Crippen LogP contribution in [0.2, 0.25) is 0 Å². The van der Waals surface area contributed by atoms with E-state index in [0.29, 0.717) is 48.9 Å². The van der Waals surface area contributed by atoms with Gasteiger partial charge in [-0.25, -0.2) is 14.8 Å². The molecule has 140 valence electrons. The van der Waals surface area contributed by atoms with E-state index in [1.165, 1.54) is 12.4 Å². The number of anilines is 2. The van der Waals surface area contributed by atoms with Gasteiger partial charge in [-0.2, -0.15) is 0 Å². The zero-order valence-electron chi connectivity index (χ0n) is 14.4. The standard InChI is InChI=1S/C18H18N4O5/c23-17(21-12-1-2-14-15(7-12)27-10-26-14)11-3-5-22(6-4-11)16-9-19-13(8-20-16)18(24)25/h1-2,7-9,11H,3-6,10H2,(H,21,23)(H,24,25). The summed E-state index contributed by atoms with van der Waals surface area (Å²) in [6.07, 6.45) is 4.06. The second-order valence-corrected chi connectivity index (χ2v) is 6.38. The van der Waals surface area contributed by atoms with Crippen LogP contribution in [0.4, 0.5) is 11.5 Å². The maximum atomic E-state index is 12.5. The molecule has 3 heterocycles. The molecule has 1 amide bonds. The Kier molecular flexibility index (Phi) is 4.49. The van der Waals surface area contributed by atoms with E-state index in [-0.39, 0.29) is 24.3 Å². The molecule has 27 heavy (non-hydrogen) atoms. The lowest BCUT2D eigenvalue weighted by molar-refractivity contribution is -0.120. The number of carboxylic acids is 1. The van der Waals surface area contributed by atoms with Crippen molar-refractivity contribution in [1.82, 2.24) is 9.97 Å². The van der Waals surface area contributed by atoms with Crippen LogP contribution in [0.3, 0.4) is 0 Å². The molecule has 1 aromatic carbocycles. The van der Waals surface area contributed by atoms with Crippen molar-refractivity contribution in [3.63, 3.8) is 0 Å². The molecule has 0 unspecified atom stereocenters. The third-order valence-corrected chi connectivity index (χ3v) is 4.69. The van der Waals surface area contributed by atoms with Crippen molar-refractivity contribution in [2.75, 3.05) is 30.1 Å². The van der Waals surface area contributed by atoms with Crippen LogP contribution in [0.1, 0.15) is 23.3 Å². The van der Waals surface area contributed by atoms with Gasteiger partial charge in [0.2, 0.25) is 12.7 Å². The predicted molar refractivity (Wildman–Crippen MR) is 95.1 cm³/mol. The quantitative estimate of drug-likeness (QED) is 0.837. The number of hydrogen-bond donors (Lipinski definition) is 2. The molecule has 1 aromatic heterocycles. The number of ether oxygens (including phenoxy) is 2. The number of carbonyl (C=O) groups excluding carboxylic acids is 1. The molecule has 0 bridgehead atoms. The molecule has 0 aliphatic carbocycles. The summed E-state index contributed by atoms with van der Waals surface area (Å²) in [5.41, 5.74) is 0.596. The Morgan fingerprint density at radius 2 is 1.89 bits per heavy atom. The largest absolute Gasteiger partial charge is 0.476 e. The van der Waals surface area contributed by atoms with Crippen LogP contribution in [0.15, 0.2) is 30.6 Å². The zero-order valence-corrected chi connectivity index (χ0v) is 14.4. The number of fused-ring (bicyclic) bond motifs is 1. The second kappa shape index (κ2) is 7.10. The van der Waals surface area contributed by atoms with Gasteiger partial charge < -0.3 is 24.8 Å². The van der Waals surface area contributed by atoms with E-state index in [0.717, 1.165) is 0 Å². The Bertz CT molecular complexity index is 863. The molecule has 1 fully saturated rings. The van der Waals surface area contributed by atoms with E-state index in [4.69, 9.17) is 14.6 Å². The van der Waals surface area contributed by atoms with E-state index >= 15 is 0 Å². The van der Waals surface area contributed by atoms with Crippen LogP contribution in [0.25, 0.3) is 0 Å². The van der Waals surface area contributed by atoms with E-state index in [2.05, 4.69) is 15.3 Å². The molecule has 2 aliphatic rings. The fourth-order valence-electron chi connectivity index (χ4n) is 3.18. The molecular formula is C18H18N4O5. The van der Waals surface area contributed by atoms with Gasteiger partial charge in [0, 0.05) is 30.8 Å². The molecule has 0 saturated carbocycles. The summed E-state index contributed by atoms with van der Waals surface area (Å²) in [5, 5.41) is 11.8. The maximum absolute atomic E-state index is 12.5. The summed E-state index contributed by atoms with van der Waals surface area (Å²) in [6.45, 7) is 1.50. The Morgan fingerprint density at radius 3 is 2.59 bits per heavy atom. The Balaban J connectivity index is 1.33. The lowest BCUT2D eigenvalue weighted by atomic mass is 9.96. The Morgan fingerprint density at radius 1 is 1.11 bits per heavy atom. The van der Waals surface area contributed by atoms with Crippen molar-refractivity contribution in [3.05, 3.63) is 36.3 Å². The molecular weight excluding hydrogens is 352 g/mol. The van der Waals surface area contributed by atoms with E-state index < -0.39 is 5.97 Å². The first-order chi connectivity index (χ1) is 13.1. The summed E-state index contributed by atoms with van der Waals surface area (Å²) in [7, 11) is 0. The van der Waals surface area contributed by atoms with Crippen LogP contribution >= 0.6 is 0 Å². The molecule has 4 rings (SSSR count). The number of amides is 1. The highest BCUT2D eigenvalue weighted by atomic mass is 16.7. The monoisotopic (exact) mass is 370 g/mol. The summed E-state index contributed by atoms with van der Waals surface area (Å²) >= 11 is 0. The first kappa shape index (κ1) is 17.1. The van der Waals surface area contributed by atoms with Gasteiger partial charge in [0.1, 0.15) is 5.82 Å². The SMILES string of the molecule is O=C(O)c1cnc(N2CCC(C(=O)Nc3ccc4c(c3)OCO4)CC2)cn1. The van der Waals surface area contributed by atoms with Crippen LogP contribution in [0, 0.1) is 5.92 Å². The number of aromatic carboxylic acids is 1. The number of carboxylic acid groups (broad SMARTS) is 1. The van der Waals surface area contributed by atoms with Gasteiger partial charge in [-0.15, -0.1) is 0 Å². The highest BCUT2D eigenvalue weighted by Gasteiger charge is 2.26. The number of aromatic nitrogens is 2. The third kappa shape index (κ3) is 3.62. The zero-order chi connectivity index (χ0) is 18.8. The fraction of sp³-hybridized carbons (Fsp3) is 0.333. The van der Waals surface area contributed by atoms with Crippen LogP contribution in [-0.2, 0) is 4.79 Å². The molecule has 2 aromatic rings. The van der Waals surface area contributed by atoms with Gasteiger partial charge in [0.05, 0.1) is 12.4 Å². The first-order valence-corrected chi connectivity index (χ1v) is 8.61. The van der Waals surface area contributed by atoms with Gasteiger partial charge in [-0.1, -0.05) is 0 Å². The highest BCUT2D eigenvalue weighted by molar-refractivity contribution is 5.93. The fourth-order valence-corrected chi connectivity index (χ4v) is 3.18. The number of rotatable bonds is 4. The molecule has 0 atom stereocenters. The maximum Gasteiger partial charge on any atom is 0.356 e. The van der Waals surface area contributed by atoms with Crippen molar-refractivity contribution in [3.8, 4) is 11.5 Å². The molecule has 9 nitrogen and oxygen atoms in total. The lowest BCUT2D eigenvalue weighted by Gasteiger charge is -2.31. The number of nitrogens with zero attached hydrogens (tertiary/aromatic N) is 3. The number of hydrogen-bond acceptors (Lipinski definition) is 7. The van der Waals surface area contributed by atoms with Crippen molar-refractivity contribution in [1.29, 1.82) is 0 Å². The minimum absolute atomic E-state index is 0.0270. The minimum Gasteiger partial charge on any atom is -0.476 e. The Labute approximate surface area is 154 Å². The molecule has 2 aliphatic heterocycles. The average Bonchev–Trinajstić information content (AvgIpc) is 3.16. The normalized spacial score (nSPS) is 16.2. The van der Waals surface area contributed by atoms with Crippen LogP contribution < -0.4 is 19.7 Å². The van der Waals surface area contributed by atoms with Gasteiger partial charge in [-0.05, 0) is 25.0 Å². The molecule has 1 saturated heterocycles. The van der Waals surface area contributed by atoms with Crippen LogP contribution in [0.5, 0.6) is 11.5 Å². The first-order valence-electron chi connectivity index (χ1n) is 8.61. The van der Waals surface area contributed by atoms with Gasteiger partial charge in [-0.3, -0.25) is 4.79 Å². The van der Waals surface area contributed by atoms with E-state index in [1.807, 2.05) is 4.90 Å². The number of benzene rings is 1. The third-order valence-electron chi connectivity index (χ3n) is 4.69. The lowest BCUT2D eigenvalue weighted by Crippen LogP contribution is -2.38. The summed E-state index contributed by atoms with van der Waals surface area (Å²) in [4.78, 5) is 33.4. The Hall–Kier alpha value is -3.36. The van der Waals surface area contributed by atoms with Crippen molar-refractivity contribution in [2.45, 2.75) is 12.8 Å². The van der Waals surface area contributed by atoms with Crippen molar-refractivity contribution < 1.29 is 24.2 Å². The minimum atomic E-state index is -1.10. The van der Waals surface area contributed by atoms with E-state index in [9.17, 15) is 9.59 Å². The summed E-state index contributed by atoms with van der Waals surface area (Å²) in [5.74, 6) is 0.698. The van der Waals surface area contributed by atoms with Crippen molar-refractivity contribution >= 4 is 23.4 Å². The van der Waals surface area contributed by atoms with Gasteiger partial charge in [0.25, 0.3) is 0 Å². The van der Waals surface area contributed by atoms with Gasteiger partial charge >= 0.3 is 5.97 Å². The molecule has 0 radical (unpaired) electrons. The summed E-state index contributed by atoms with van der Waals surface area (Å²) < 4.78 is 10.6. The number of nitrogens with one attached hydrogen (secondary N) is 1. The predicted octanol–water partition coefficient (Wildman–Crippen LogP) is 1.76. The number of piperidine rings is 1. The molecule has 9 heteroatoms. The van der Waals surface area contributed by atoms with Gasteiger partial charge in [0.15, 0.2) is 17.2 Å². The summed E-state index contributed by atoms with van der Waals surface area (Å²) in [6, 6.07) is 5.33. The van der Waals surface area contributed by atoms with E-state index in [1.54, 1.807) is 18.2 Å². The number of carbonyl (C=O) groups is 2. The molecule has 2 N–H and O–H groups in total. The molecule has 0 spiro atoms. The topological polar surface area (TPSA) is 114 Å². The highest BCUT2D eigenvalue weighted by Crippen LogP contribution is 2.34. The second-order valence-electron chi connectivity index (χ2n) is 6.38.